The van der Waals surface area contributed by atoms with Gasteiger partial charge >= 0.3 is 0 Å². The van der Waals surface area contributed by atoms with Gasteiger partial charge in [-0.2, -0.15) is 5.10 Å². The Labute approximate surface area is 154 Å². The second-order valence-corrected chi connectivity index (χ2v) is 6.15. The van der Waals surface area contributed by atoms with Crippen LogP contribution in [0.25, 0.3) is 5.69 Å². The van der Waals surface area contributed by atoms with E-state index in [2.05, 4.69) is 31.3 Å². The molecule has 136 valence electrons. The first kappa shape index (κ1) is 18.0. The highest BCUT2D eigenvalue weighted by Gasteiger charge is 2.13. The van der Waals surface area contributed by atoms with Crippen LogP contribution in [0.2, 0.25) is 0 Å². The van der Waals surface area contributed by atoms with Gasteiger partial charge < -0.3 is 14.8 Å². The highest BCUT2D eigenvalue weighted by molar-refractivity contribution is 5.46. The molecular weight excluding hydrogens is 326 g/mol. The Hall–Kier alpha value is -2.79. The van der Waals surface area contributed by atoms with Crippen molar-refractivity contribution in [3.05, 3.63) is 71.0 Å². The van der Waals surface area contributed by atoms with E-state index in [4.69, 9.17) is 14.6 Å². The SMILES string of the molecule is COc1cccc(CNCc2c(C)nn(-c3ccccc3)c2C)c1OC. The standard InChI is InChI=1S/C21H25N3O2/c1-15-19(16(2)24(23-15)18-10-6-5-7-11-18)14-22-13-17-9-8-12-20(25-3)21(17)26-4/h5-12,22H,13-14H2,1-4H3. The quantitative estimate of drug-likeness (QED) is 0.703. The van der Waals surface area contributed by atoms with Gasteiger partial charge in [-0.15, -0.1) is 0 Å². The molecule has 3 rings (SSSR count). The van der Waals surface area contributed by atoms with Gasteiger partial charge in [0, 0.05) is 29.9 Å². The van der Waals surface area contributed by atoms with Gasteiger partial charge in [0.2, 0.25) is 0 Å². The van der Waals surface area contributed by atoms with Crippen molar-refractivity contribution in [3.63, 3.8) is 0 Å². The normalized spacial score (nSPS) is 10.8. The van der Waals surface area contributed by atoms with E-state index >= 15 is 0 Å². The number of rotatable bonds is 7. The van der Waals surface area contributed by atoms with Crippen molar-refractivity contribution in [1.29, 1.82) is 0 Å². The number of ether oxygens (including phenoxy) is 2. The molecule has 0 saturated carbocycles. The lowest BCUT2D eigenvalue weighted by atomic mass is 10.1. The smallest absolute Gasteiger partial charge is 0.165 e. The molecule has 0 radical (unpaired) electrons. The van der Waals surface area contributed by atoms with Gasteiger partial charge in [-0.05, 0) is 32.0 Å². The molecule has 0 aliphatic rings. The maximum atomic E-state index is 5.50. The number of para-hydroxylation sites is 2. The lowest BCUT2D eigenvalue weighted by Gasteiger charge is -2.13. The van der Waals surface area contributed by atoms with E-state index in [1.54, 1.807) is 14.2 Å². The maximum absolute atomic E-state index is 5.50. The summed E-state index contributed by atoms with van der Waals surface area (Å²) in [5, 5.41) is 8.20. The molecule has 0 atom stereocenters. The molecule has 1 heterocycles. The molecule has 5 nitrogen and oxygen atoms in total. The number of aromatic nitrogens is 2. The summed E-state index contributed by atoms with van der Waals surface area (Å²) >= 11 is 0. The number of benzene rings is 2. The third-order valence-corrected chi connectivity index (χ3v) is 4.54. The van der Waals surface area contributed by atoms with Crippen molar-refractivity contribution < 1.29 is 9.47 Å². The van der Waals surface area contributed by atoms with E-state index in [9.17, 15) is 0 Å². The zero-order valence-electron chi connectivity index (χ0n) is 15.7. The minimum absolute atomic E-state index is 0.690. The molecule has 1 N–H and O–H groups in total. The average molecular weight is 351 g/mol. The first-order valence-corrected chi connectivity index (χ1v) is 8.66. The van der Waals surface area contributed by atoms with Crippen LogP contribution in [-0.4, -0.2) is 24.0 Å². The van der Waals surface area contributed by atoms with Gasteiger partial charge in [0.05, 0.1) is 25.6 Å². The van der Waals surface area contributed by atoms with Crippen LogP contribution in [-0.2, 0) is 13.1 Å². The van der Waals surface area contributed by atoms with Gasteiger partial charge in [0.1, 0.15) is 0 Å². The van der Waals surface area contributed by atoms with E-state index in [1.807, 2.05) is 41.1 Å². The molecule has 2 aromatic carbocycles. The highest BCUT2D eigenvalue weighted by atomic mass is 16.5. The number of methoxy groups -OCH3 is 2. The molecule has 0 bridgehead atoms. The molecule has 0 saturated heterocycles. The maximum Gasteiger partial charge on any atom is 0.165 e. The van der Waals surface area contributed by atoms with Gasteiger partial charge in [-0.25, -0.2) is 4.68 Å². The van der Waals surface area contributed by atoms with Crippen LogP contribution in [0.5, 0.6) is 11.5 Å². The molecule has 26 heavy (non-hydrogen) atoms. The summed E-state index contributed by atoms with van der Waals surface area (Å²) in [6.07, 6.45) is 0. The summed E-state index contributed by atoms with van der Waals surface area (Å²) < 4.78 is 12.9. The molecule has 0 aliphatic heterocycles. The fourth-order valence-corrected chi connectivity index (χ4v) is 3.17. The van der Waals surface area contributed by atoms with Crippen molar-refractivity contribution in [2.24, 2.45) is 0 Å². The molecule has 3 aromatic rings. The van der Waals surface area contributed by atoms with Gasteiger partial charge in [-0.1, -0.05) is 30.3 Å². The molecule has 0 amide bonds. The van der Waals surface area contributed by atoms with Crippen LogP contribution >= 0.6 is 0 Å². The van der Waals surface area contributed by atoms with Crippen molar-refractivity contribution in [3.8, 4) is 17.2 Å². The van der Waals surface area contributed by atoms with Crippen LogP contribution in [0.15, 0.2) is 48.5 Å². The van der Waals surface area contributed by atoms with E-state index in [0.717, 1.165) is 40.7 Å². The number of nitrogens with one attached hydrogen (secondary N) is 1. The van der Waals surface area contributed by atoms with Crippen LogP contribution < -0.4 is 14.8 Å². The Kier molecular flexibility index (Phi) is 5.58. The molecular formula is C21H25N3O2. The summed E-state index contributed by atoms with van der Waals surface area (Å²) in [7, 11) is 3.32. The lowest BCUT2D eigenvalue weighted by Crippen LogP contribution is -2.15. The Morgan fingerprint density at radius 1 is 0.923 bits per heavy atom. The molecule has 0 aliphatic carbocycles. The Balaban J connectivity index is 1.75. The van der Waals surface area contributed by atoms with Gasteiger partial charge in [0.15, 0.2) is 11.5 Å². The highest BCUT2D eigenvalue weighted by Crippen LogP contribution is 2.30. The Morgan fingerprint density at radius 2 is 1.69 bits per heavy atom. The summed E-state index contributed by atoms with van der Waals surface area (Å²) in [6, 6.07) is 16.1. The number of aryl methyl sites for hydroxylation is 1. The monoisotopic (exact) mass is 351 g/mol. The van der Waals surface area contributed by atoms with E-state index < -0.39 is 0 Å². The van der Waals surface area contributed by atoms with Crippen LogP contribution in [0.3, 0.4) is 0 Å². The predicted octanol–water partition coefficient (Wildman–Crippen LogP) is 3.80. The van der Waals surface area contributed by atoms with Crippen molar-refractivity contribution in [2.45, 2.75) is 26.9 Å². The second-order valence-electron chi connectivity index (χ2n) is 6.15. The van der Waals surface area contributed by atoms with Crippen molar-refractivity contribution >= 4 is 0 Å². The van der Waals surface area contributed by atoms with E-state index in [-0.39, 0.29) is 0 Å². The first-order chi connectivity index (χ1) is 12.7. The first-order valence-electron chi connectivity index (χ1n) is 8.66. The van der Waals surface area contributed by atoms with Crippen molar-refractivity contribution in [1.82, 2.24) is 15.1 Å². The number of nitrogens with zero attached hydrogens (tertiary/aromatic N) is 2. The predicted molar refractivity (Wildman–Crippen MR) is 103 cm³/mol. The van der Waals surface area contributed by atoms with Crippen LogP contribution in [0.1, 0.15) is 22.5 Å². The van der Waals surface area contributed by atoms with Crippen LogP contribution in [0.4, 0.5) is 0 Å². The van der Waals surface area contributed by atoms with Gasteiger partial charge in [0.25, 0.3) is 0 Å². The number of hydrogen-bond donors (Lipinski definition) is 1. The lowest BCUT2D eigenvalue weighted by molar-refractivity contribution is 0.350. The Morgan fingerprint density at radius 3 is 2.38 bits per heavy atom. The van der Waals surface area contributed by atoms with E-state index in [1.165, 1.54) is 5.56 Å². The third-order valence-electron chi connectivity index (χ3n) is 4.54. The molecule has 5 heteroatoms. The number of hydrogen-bond acceptors (Lipinski definition) is 4. The fraction of sp³-hybridized carbons (Fsp3) is 0.286. The molecule has 0 unspecified atom stereocenters. The largest absolute Gasteiger partial charge is 0.493 e. The zero-order chi connectivity index (χ0) is 18.5. The van der Waals surface area contributed by atoms with Crippen LogP contribution in [0, 0.1) is 13.8 Å². The summed E-state index contributed by atoms with van der Waals surface area (Å²) in [5.41, 5.74) is 5.55. The zero-order valence-corrected chi connectivity index (χ0v) is 15.7. The minimum Gasteiger partial charge on any atom is -0.493 e. The Bertz CT molecular complexity index is 872. The summed E-state index contributed by atoms with van der Waals surface area (Å²) in [5.74, 6) is 1.52. The molecule has 1 aromatic heterocycles. The summed E-state index contributed by atoms with van der Waals surface area (Å²) in [4.78, 5) is 0. The van der Waals surface area contributed by atoms with Gasteiger partial charge in [-0.3, -0.25) is 0 Å². The molecule has 0 spiro atoms. The average Bonchev–Trinajstić information content (AvgIpc) is 2.96. The van der Waals surface area contributed by atoms with E-state index in [0.29, 0.717) is 6.54 Å². The van der Waals surface area contributed by atoms with Crippen molar-refractivity contribution in [2.75, 3.05) is 14.2 Å². The third kappa shape index (κ3) is 3.58. The fourth-order valence-electron chi connectivity index (χ4n) is 3.17. The minimum atomic E-state index is 0.690. The second kappa shape index (κ2) is 8.06. The summed E-state index contributed by atoms with van der Waals surface area (Å²) in [6.45, 7) is 5.59. The topological polar surface area (TPSA) is 48.3 Å². The molecule has 0 fully saturated rings.